The van der Waals surface area contributed by atoms with Crippen LogP contribution in [0.2, 0.25) is 0 Å². The second kappa shape index (κ2) is 5.36. The third kappa shape index (κ3) is 2.63. The third-order valence-electron chi connectivity index (χ3n) is 3.41. The lowest BCUT2D eigenvalue weighted by molar-refractivity contribution is -0.134. The van der Waals surface area contributed by atoms with Gasteiger partial charge in [-0.15, -0.1) is 0 Å². The Bertz CT molecular complexity index is 715. The molecule has 0 unspecified atom stereocenters. The molecule has 106 valence electrons. The molecular weight excluding hydrogens is 271 g/mol. The zero-order chi connectivity index (χ0) is 14.8. The summed E-state index contributed by atoms with van der Waals surface area (Å²) in [5, 5.41) is 2.42. The van der Waals surface area contributed by atoms with Crippen molar-refractivity contribution in [2.45, 2.75) is 6.42 Å². The van der Waals surface area contributed by atoms with Gasteiger partial charge in [0.1, 0.15) is 5.82 Å². The van der Waals surface area contributed by atoms with Gasteiger partial charge < -0.3 is 10.2 Å². The van der Waals surface area contributed by atoms with Crippen molar-refractivity contribution in [2.75, 3.05) is 16.8 Å². The minimum absolute atomic E-state index is 0.265. The highest BCUT2D eigenvalue weighted by Gasteiger charge is 2.28. The van der Waals surface area contributed by atoms with E-state index in [9.17, 15) is 14.0 Å². The Morgan fingerprint density at radius 3 is 2.71 bits per heavy atom. The van der Waals surface area contributed by atoms with E-state index in [0.717, 1.165) is 17.7 Å². The van der Waals surface area contributed by atoms with E-state index in [0.29, 0.717) is 6.54 Å². The summed E-state index contributed by atoms with van der Waals surface area (Å²) >= 11 is 0. The molecule has 5 heteroatoms. The summed E-state index contributed by atoms with van der Waals surface area (Å²) < 4.78 is 13.1. The lowest BCUT2D eigenvalue weighted by Gasteiger charge is -2.16. The van der Waals surface area contributed by atoms with Gasteiger partial charge in [0.2, 0.25) is 0 Å². The van der Waals surface area contributed by atoms with Crippen LogP contribution in [0.1, 0.15) is 5.56 Å². The van der Waals surface area contributed by atoms with Crippen LogP contribution in [0.4, 0.5) is 15.8 Å². The first-order valence-corrected chi connectivity index (χ1v) is 6.61. The van der Waals surface area contributed by atoms with Crippen LogP contribution in [0.15, 0.2) is 48.5 Å². The van der Waals surface area contributed by atoms with Crippen molar-refractivity contribution in [2.24, 2.45) is 0 Å². The van der Waals surface area contributed by atoms with Crippen LogP contribution >= 0.6 is 0 Å². The van der Waals surface area contributed by atoms with Gasteiger partial charge in [0.25, 0.3) is 0 Å². The lowest BCUT2D eigenvalue weighted by atomic mass is 10.2. The average molecular weight is 284 g/mol. The maximum Gasteiger partial charge on any atom is 0.316 e. The van der Waals surface area contributed by atoms with Crippen molar-refractivity contribution >= 4 is 23.2 Å². The lowest BCUT2D eigenvalue weighted by Crippen LogP contribution is -2.38. The number of hydrogen-bond acceptors (Lipinski definition) is 2. The van der Waals surface area contributed by atoms with Crippen molar-refractivity contribution in [1.29, 1.82) is 0 Å². The fourth-order valence-electron chi connectivity index (χ4n) is 2.42. The Labute approximate surface area is 121 Å². The van der Waals surface area contributed by atoms with Crippen LogP contribution in [0.25, 0.3) is 0 Å². The molecule has 3 rings (SSSR count). The van der Waals surface area contributed by atoms with Crippen molar-refractivity contribution in [1.82, 2.24) is 0 Å². The molecule has 1 aliphatic heterocycles. The fourth-order valence-corrected chi connectivity index (χ4v) is 2.42. The molecule has 0 aliphatic carbocycles. The van der Waals surface area contributed by atoms with Crippen LogP contribution in [0.3, 0.4) is 0 Å². The van der Waals surface area contributed by atoms with Crippen LogP contribution in [0.5, 0.6) is 0 Å². The summed E-state index contributed by atoms with van der Waals surface area (Å²) in [7, 11) is 0. The molecule has 2 aromatic rings. The highest BCUT2D eigenvalue weighted by atomic mass is 19.1. The number of fused-ring (bicyclic) bond motifs is 1. The van der Waals surface area contributed by atoms with Gasteiger partial charge >= 0.3 is 11.8 Å². The Morgan fingerprint density at radius 2 is 1.90 bits per heavy atom. The van der Waals surface area contributed by atoms with E-state index in [4.69, 9.17) is 0 Å². The molecule has 1 aliphatic rings. The van der Waals surface area contributed by atoms with Gasteiger partial charge in [0, 0.05) is 17.9 Å². The fraction of sp³-hybridized carbons (Fsp3) is 0.125. The molecule has 0 aromatic heterocycles. The van der Waals surface area contributed by atoms with E-state index in [1.165, 1.54) is 29.2 Å². The maximum atomic E-state index is 13.1. The summed E-state index contributed by atoms with van der Waals surface area (Å²) in [6.07, 6.45) is 0.731. The number of hydrogen-bond donors (Lipinski definition) is 1. The summed E-state index contributed by atoms with van der Waals surface area (Å²) in [5.74, 6) is -1.87. The first-order chi connectivity index (χ1) is 10.1. The van der Waals surface area contributed by atoms with Crippen molar-refractivity contribution in [3.8, 4) is 0 Å². The van der Waals surface area contributed by atoms with Crippen LogP contribution in [-0.2, 0) is 16.0 Å². The number of amides is 2. The first kappa shape index (κ1) is 13.3. The molecule has 0 radical (unpaired) electrons. The molecule has 2 amide bonds. The number of para-hydroxylation sites is 1. The maximum absolute atomic E-state index is 13.1. The van der Waals surface area contributed by atoms with Crippen molar-refractivity contribution in [3.63, 3.8) is 0 Å². The number of nitrogens with zero attached hydrogens (tertiary/aromatic N) is 1. The van der Waals surface area contributed by atoms with Gasteiger partial charge in [0.15, 0.2) is 0 Å². The summed E-state index contributed by atoms with van der Waals surface area (Å²) in [6.45, 7) is 0.481. The van der Waals surface area contributed by atoms with Gasteiger partial charge in [-0.2, -0.15) is 0 Å². The van der Waals surface area contributed by atoms with Gasteiger partial charge in [-0.25, -0.2) is 4.39 Å². The van der Waals surface area contributed by atoms with Crippen molar-refractivity contribution in [3.05, 3.63) is 59.9 Å². The predicted octanol–water partition coefficient (Wildman–Crippen LogP) is 2.35. The van der Waals surface area contributed by atoms with Crippen LogP contribution < -0.4 is 10.2 Å². The van der Waals surface area contributed by atoms with Crippen LogP contribution in [-0.4, -0.2) is 18.4 Å². The summed E-state index contributed by atoms with van der Waals surface area (Å²) in [6, 6.07) is 12.9. The SMILES string of the molecule is O=C(Nc1cccc(F)c1)C(=O)N1CCc2ccccc21. The number of rotatable bonds is 1. The summed E-state index contributed by atoms with van der Waals surface area (Å²) in [5.41, 5.74) is 2.07. The minimum Gasteiger partial charge on any atom is -0.318 e. The molecule has 0 bridgehead atoms. The second-order valence-corrected chi connectivity index (χ2v) is 4.80. The van der Waals surface area contributed by atoms with Gasteiger partial charge in [0.05, 0.1) is 0 Å². The van der Waals surface area contributed by atoms with Crippen LogP contribution in [0, 0.1) is 5.82 Å². The normalized spacial score (nSPS) is 12.9. The summed E-state index contributed by atoms with van der Waals surface area (Å²) in [4.78, 5) is 25.7. The number of halogens is 1. The highest BCUT2D eigenvalue weighted by molar-refractivity contribution is 6.44. The average Bonchev–Trinajstić information content (AvgIpc) is 2.90. The van der Waals surface area contributed by atoms with Gasteiger partial charge in [-0.3, -0.25) is 9.59 Å². The molecule has 21 heavy (non-hydrogen) atoms. The van der Waals surface area contributed by atoms with E-state index in [2.05, 4.69) is 5.32 Å². The zero-order valence-electron chi connectivity index (χ0n) is 11.2. The molecule has 0 saturated heterocycles. The smallest absolute Gasteiger partial charge is 0.316 e. The Hall–Kier alpha value is -2.69. The Balaban J connectivity index is 1.76. The minimum atomic E-state index is -0.766. The number of anilines is 2. The van der Waals surface area contributed by atoms with E-state index in [-0.39, 0.29) is 5.69 Å². The molecule has 1 N–H and O–H groups in total. The molecular formula is C16H13FN2O2. The van der Waals surface area contributed by atoms with Crippen molar-refractivity contribution < 1.29 is 14.0 Å². The standard InChI is InChI=1S/C16H13FN2O2/c17-12-5-3-6-13(10-12)18-15(20)16(21)19-9-8-11-4-1-2-7-14(11)19/h1-7,10H,8-9H2,(H,18,20). The zero-order valence-corrected chi connectivity index (χ0v) is 11.2. The quantitative estimate of drug-likeness (QED) is 0.817. The topological polar surface area (TPSA) is 49.4 Å². The number of benzene rings is 2. The molecule has 4 nitrogen and oxygen atoms in total. The number of carbonyl (C=O) groups excluding carboxylic acids is 2. The third-order valence-corrected chi connectivity index (χ3v) is 3.41. The molecule has 1 heterocycles. The van der Waals surface area contributed by atoms with E-state index < -0.39 is 17.6 Å². The van der Waals surface area contributed by atoms with E-state index in [1.54, 1.807) is 0 Å². The first-order valence-electron chi connectivity index (χ1n) is 6.61. The molecule has 0 spiro atoms. The Morgan fingerprint density at radius 1 is 1.10 bits per heavy atom. The molecule has 0 saturated carbocycles. The molecule has 2 aromatic carbocycles. The van der Waals surface area contributed by atoms with E-state index in [1.807, 2.05) is 24.3 Å². The predicted molar refractivity (Wildman–Crippen MR) is 77.5 cm³/mol. The molecule has 0 atom stereocenters. The monoisotopic (exact) mass is 284 g/mol. The van der Waals surface area contributed by atoms with Gasteiger partial charge in [-0.1, -0.05) is 24.3 Å². The number of carbonyl (C=O) groups is 2. The Kier molecular flexibility index (Phi) is 3.39. The number of nitrogens with one attached hydrogen (secondary N) is 1. The second-order valence-electron chi connectivity index (χ2n) is 4.80. The highest BCUT2D eigenvalue weighted by Crippen LogP contribution is 2.27. The van der Waals surface area contributed by atoms with E-state index >= 15 is 0 Å². The van der Waals surface area contributed by atoms with Gasteiger partial charge in [-0.05, 0) is 36.2 Å². The largest absolute Gasteiger partial charge is 0.318 e. The molecule has 0 fully saturated rings.